The first-order valence-corrected chi connectivity index (χ1v) is 11.4. The summed E-state index contributed by atoms with van der Waals surface area (Å²) in [5.74, 6) is 2.42. The third-order valence-electron chi connectivity index (χ3n) is 6.23. The third-order valence-corrected chi connectivity index (χ3v) is 7.31. The first-order valence-electron chi connectivity index (χ1n) is 10.6. The molecule has 0 bridgehead atoms. The highest BCUT2D eigenvalue weighted by Crippen LogP contribution is 2.44. The number of aryl methyl sites for hydroxylation is 1. The summed E-state index contributed by atoms with van der Waals surface area (Å²) in [6.07, 6.45) is 2.53. The quantitative estimate of drug-likeness (QED) is 0.565. The molecule has 3 aliphatic rings. The summed E-state index contributed by atoms with van der Waals surface area (Å²) in [6, 6.07) is 14.5. The molecular weight excluding hydrogens is 542 g/mol. The Labute approximate surface area is 210 Å². The number of thioether (sulfide) groups is 1. The molecule has 2 unspecified atom stereocenters. The van der Waals surface area contributed by atoms with Crippen molar-refractivity contribution >= 4 is 51.4 Å². The molecule has 0 radical (unpaired) electrons. The number of likely N-dealkylation sites (tertiary alicyclic amines) is 1. The Morgan fingerprint density at radius 1 is 1.00 bits per heavy atom. The number of rotatable bonds is 4. The Morgan fingerprint density at radius 2 is 1.74 bits per heavy atom. The van der Waals surface area contributed by atoms with E-state index in [1.54, 1.807) is 11.8 Å². The number of ether oxygens (including phenoxy) is 2. The summed E-state index contributed by atoms with van der Waals surface area (Å²) < 4.78 is 12.0. The number of nitrogens with two attached hydrogens (primary N) is 1. The van der Waals surface area contributed by atoms with E-state index in [4.69, 9.17) is 15.2 Å². The fraction of sp³-hybridized carbons (Fsp3) is 0.478. The smallest absolute Gasteiger partial charge is 0.161 e. The number of halogens is 2. The minimum absolute atomic E-state index is 0. The topological polar surface area (TPSA) is 51.0 Å². The van der Waals surface area contributed by atoms with Crippen molar-refractivity contribution in [1.29, 1.82) is 0 Å². The van der Waals surface area contributed by atoms with Crippen LogP contribution in [0.2, 0.25) is 0 Å². The first-order chi connectivity index (χ1) is 14.2. The zero-order valence-electron chi connectivity index (χ0n) is 17.7. The lowest BCUT2D eigenvalue weighted by Gasteiger charge is -2.37. The van der Waals surface area contributed by atoms with Crippen LogP contribution in [0.1, 0.15) is 18.4 Å². The molecule has 0 saturated carbocycles. The lowest BCUT2D eigenvalue weighted by molar-refractivity contribution is 0.0481. The second kappa shape index (κ2) is 10.8. The Balaban J connectivity index is 0.00000136. The van der Waals surface area contributed by atoms with Gasteiger partial charge < -0.3 is 20.1 Å². The van der Waals surface area contributed by atoms with Crippen LogP contribution < -0.4 is 20.1 Å². The third kappa shape index (κ3) is 5.36. The van der Waals surface area contributed by atoms with Crippen LogP contribution >= 0.6 is 45.7 Å². The molecule has 2 aromatic carbocycles. The maximum absolute atomic E-state index is 6.45. The normalized spacial score (nSPS) is 23.0. The van der Waals surface area contributed by atoms with Gasteiger partial charge in [-0.2, -0.15) is 0 Å². The van der Waals surface area contributed by atoms with Gasteiger partial charge in [0.2, 0.25) is 0 Å². The van der Waals surface area contributed by atoms with E-state index in [1.165, 1.54) is 29.0 Å². The molecule has 2 atom stereocenters. The average Bonchev–Trinajstić information content (AvgIpc) is 3.06. The maximum Gasteiger partial charge on any atom is 0.161 e. The van der Waals surface area contributed by atoms with Gasteiger partial charge in [-0.3, -0.25) is 4.90 Å². The Kier molecular flexibility index (Phi) is 8.60. The molecule has 8 heteroatoms. The van der Waals surface area contributed by atoms with Crippen LogP contribution in [-0.4, -0.2) is 49.3 Å². The van der Waals surface area contributed by atoms with Gasteiger partial charge in [0.15, 0.2) is 11.5 Å². The fourth-order valence-corrected chi connectivity index (χ4v) is 5.81. The van der Waals surface area contributed by atoms with Crippen molar-refractivity contribution in [1.82, 2.24) is 4.90 Å². The number of hydrogen-bond acceptors (Lipinski definition) is 6. The van der Waals surface area contributed by atoms with Crippen molar-refractivity contribution in [3.05, 3.63) is 48.0 Å². The van der Waals surface area contributed by atoms with E-state index < -0.39 is 0 Å². The lowest BCUT2D eigenvalue weighted by atomic mass is 9.95. The summed E-state index contributed by atoms with van der Waals surface area (Å²) >= 11 is 1.78. The van der Waals surface area contributed by atoms with Crippen molar-refractivity contribution in [2.45, 2.75) is 36.3 Å². The summed E-state index contributed by atoms with van der Waals surface area (Å²) in [4.78, 5) is 6.27. The van der Waals surface area contributed by atoms with E-state index >= 15 is 0 Å². The van der Waals surface area contributed by atoms with Crippen LogP contribution in [0, 0.1) is 12.8 Å². The van der Waals surface area contributed by atoms with Gasteiger partial charge in [0, 0.05) is 18.0 Å². The molecule has 0 aliphatic carbocycles. The van der Waals surface area contributed by atoms with Gasteiger partial charge in [-0.05, 0) is 62.5 Å². The molecule has 2 aromatic rings. The second-order valence-corrected chi connectivity index (χ2v) is 9.48. The summed E-state index contributed by atoms with van der Waals surface area (Å²) in [7, 11) is 0. The number of anilines is 1. The predicted molar refractivity (Wildman–Crippen MR) is 139 cm³/mol. The van der Waals surface area contributed by atoms with E-state index in [1.807, 2.05) is 24.3 Å². The van der Waals surface area contributed by atoms with Gasteiger partial charge in [0.05, 0.1) is 5.69 Å². The molecule has 31 heavy (non-hydrogen) atoms. The zero-order valence-corrected chi connectivity index (χ0v) is 22.0. The number of nitrogens with zero attached hydrogens (tertiary/aromatic N) is 2. The number of fused-ring (bicyclic) bond motifs is 2. The molecule has 5 rings (SSSR count). The zero-order chi connectivity index (χ0) is 19.8. The minimum Gasteiger partial charge on any atom is -0.486 e. The van der Waals surface area contributed by atoms with Crippen LogP contribution in [-0.2, 0) is 0 Å². The van der Waals surface area contributed by atoms with Crippen LogP contribution in [0.25, 0.3) is 0 Å². The average molecular weight is 573 g/mol. The van der Waals surface area contributed by atoms with Crippen LogP contribution in [0.5, 0.6) is 11.5 Å². The van der Waals surface area contributed by atoms with Gasteiger partial charge in [0.25, 0.3) is 0 Å². The van der Waals surface area contributed by atoms with Crippen LogP contribution in [0.3, 0.4) is 0 Å². The molecule has 1 fully saturated rings. The number of hydrogen-bond donors (Lipinski definition) is 1. The number of piperidine rings is 1. The Hall–Kier alpha value is -0.930. The van der Waals surface area contributed by atoms with E-state index in [0.717, 1.165) is 37.7 Å². The standard InChI is InChI=1S/C23H29N3O2S.2BrH/c1-16-5-4-8-21-22(16)26(23(24)29-21)13-17-9-11-25(12-10-17)14-18-15-27-19-6-2-3-7-20(19)28-18;;/h2-8,17-18,23H,9-15,24H2,1H3;2*1H. The van der Waals surface area contributed by atoms with Crippen molar-refractivity contribution in [2.24, 2.45) is 11.7 Å². The van der Waals surface area contributed by atoms with Crippen LogP contribution in [0.4, 0.5) is 5.69 Å². The van der Waals surface area contributed by atoms with E-state index in [0.29, 0.717) is 12.5 Å². The van der Waals surface area contributed by atoms with E-state index in [-0.39, 0.29) is 45.6 Å². The highest BCUT2D eigenvalue weighted by Gasteiger charge is 2.32. The lowest BCUT2D eigenvalue weighted by Crippen LogP contribution is -2.46. The van der Waals surface area contributed by atoms with Crippen LogP contribution in [0.15, 0.2) is 47.4 Å². The monoisotopic (exact) mass is 571 g/mol. The summed E-state index contributed by atoms with van der Waals surface area (Å²) in [6.45, 7) is 7.04. The summed E-state index contributed by atoms with van der Waals surface area (Å²) in [5.41, 5.74) is 9.17. The Morgan fingerprint density at radius 3 is 2.52 bits per heavy atom. The fourth-order valence-electron chi connectivity index (χ4n) is 4.68. The van der Waals surface area contributed by atoms with E-state index in [9.17, 15) is 0 Å². The molecule has 170 valence electrons. The van der Waals surface area contributed by atoms with Gasteiger partial charge in [-0.1, -0.05) is 36.0 Å². The second-order valence-electron chi connectivity index (χ2n) is 8.32. The van der Waals surface area contributed by atoms with Gasteiger partial charge in [-0.15, -0.1) is 34.0 Å². The molecule has 0 amide bonds. The van der Waals surface area contributed by atoms with Crippen molar-refractivity contribution in [2.75, 3.05) is 37.7 Å². The van der Waals surface area contributed by atoms with Gasteiger partial charge in [0.1, 0.15) is 18.2 Å². The largest absolute Gasteiger partial charge is 0.486 e. The molecular formula is C23H31Br2N3O2S. The molecule has 3 heterocycles. The van der Waals surface area contributed by atoms with Crippen molar-refractivity contribution in [3.8, 4) is 11.5 Å². The molecule has 0 spiro atoms. The van der Waals surface area contributed by atoms with Gasteiger partial charge >= 0.3 is 0 Å². The van der Waals surface area contributed by atoms with Gasteiger partial charge in [-0.25, -0.2) is 0 Å². The number of benzene rings is 2. The maximum atomic E-state index is 6.45. The van der Waals surface area contributed by atoms with Crippen molar-refractivity contribution < 1.29 is 9.47 Å². The molecule has 0 aromatic heterocycles. The molecule has 3 aliphatic heterocycles. The molecule has 5 nitrogen and oxygen atoms in total. The predicted octanol–water partition coefficient (Wildman–Crippen LogP) is 4.86. The van der Waals surface area contributed by atoms with E-state index in [2.05, 4.69) is 34.9 Å². The number of para-hydroxylation sites is 3. The summed E-state index contributed by atoms with van der Waals surface area (Å²) in [5, 5.41) is 0. The minimum atomic E-state index is 0. The highest BCUT2D eigenvalue weighted by atomic mass is 79.9. The highest BCUT2D eigenvalue weighted by molar-refractivity contribution is 8.93. The molecule has 2 N–H and O–H groups in total. The Bertz CT molecular complexity index is 880. The first kappa shape index (κ1) is 24.7. The van der Waals surface area contributed by atoms with Crippen molar-refractivity contribution in [3.63, 3.8) is 0 Å². The SMILES string of the molecule is Br.Br.Cc1cccc2c1N(CC1CCN(CC3COc4ccccc4O3)CC1)C(N)S2. The molecule has 1 saturated heterocycles.